The highest BCUT2D eigenvalue weighted by atomic mass is 35.5. The van der Waals surface area contributed by atoms with Gasteiger partial charge in [-0.3, -0.25) is 9.48 Å². The molecule has 0 fully saturated rings. The molecule has 3 heterocycles. The standard InChI is InChI=1S/C40H42Cl3N5O4/c1-22-16-28(17-23(2)38(22)43)52-15-8-10-29-25(4)48(39-30(29)11-12-31(41)37(39)35-24(3)44-46(7)26(35)5)14-9-13-47(21-49)34-19-27(40(50)51)18-33-36(34)32(42)20-45(33)6/h11-12,16-21H,8-10,13-15H2,1-7H3,(H,50,51). The molecule has 272 valence electrons. The Bertz CT molecular complexity index is 2350. The Labute approximate surface area is 318 Å². The highest BCUT2D eigenvalue weighted by Crippen LogP contribution is 2.42. The number of fused-ring (bicyclic) bond motifs is 2. The Hall–Kier alpha value is -4.44. The van der Waals surface area contributed by atoms with Crippen LogP contribution in [0, 0.1) is 34.6 Å². The Morgan fingerprint density at radius 3 is 2.29 bits per heavy atom. The van der Waals surface area contributed by atoms with Crippen molar-refractivity contribution in [3.05, 3.63) is 97.0 Å². The Kier molecular flexibility index (Phi) is 10.7. The van der Waals surface area contributed by atoms with Gasteiger partial charge in [0.25, 0.3) is 0 Å². The minimum Gasteiger partial charge on any atom is -0.494 e. The summed E-state index contributed by atoms with van der Waals surface area (Å²) in [7, 11) is 3.73. The van der Waals surface area contributed by atoms with E-state index in [0.29, 0.717) is 52.8 Å². The summed E-state index contributed by atoms with van der Waals surface area (Å²) >= 11 is 20.0. The Balaban J connectivity index is 1.36. The zero-order valence-electron chi connectivity index (χ0n) is 30.4. The predicted octanol–water partition coefficient (Wildman–Crippen LogP) is 9.80. The second-order valence-corrected chi connectivity index (χ2v) is 14.7. The monoisotopic (exact) mass is 761 g/mol. The van der Waals surface area contributed by atoms with Gasteiger partial charge in [0.2, 0.25) is 6.41 Å². The molecule has 1 amide bonds. The molecule has 0 saturated carbocycles. The smallest absolute Gasteiger partial charge is 0.335 e. The zero-order valence-corrected chi connectivity index (χ0v) is 32.7. The van der Waals surface area contributed by atoms with Gasteiger partial charge in [-0.2, -0.15) is 5.10 Å². The third-order valence-corrected chi connectivity index (χ3v) is 11.3. The fourth-order valence-electron chi connectivity index (χ4n) is 7.43. The summed E-state index contributed by atoms with van der Waals surface area (Å²) in [6.07, 6.45) is 4.60. The lowest BCUT2D eigenvalue weighted by Crippen LogP contribution is -2.24. The number of aromatic nitrogens is 4. The lowest BCUT2D eigenvalue weighted by atomic mass is 9.98. The van der Waals surface area contributed by atoms with E-state index in [4.69, 9.17) is 44.6 Å². The van der Waals surface area contributed by atoms with Gasteiger partial charge in [0.1, 0.15) is 5.75 Å². The number of aryl methyl sites for hydroxylation is 7. The van der Waals surface area contributed by atoms with Crippen molar-refractivity contribution in [1.29, 1.82) is 0 Å². The fourth-order valence-corrected chi connectivity index (χ4v) is 8.13. The molecular weight excluding hydrogens is 721 g/mol. The third kappa shape index (κ3) is 6.77. The topological polar surface area (TPSA) is 94.5 Å². The van der Waals surface area contributed by atoms with Crippen molar-refractivity contribution in [2.45, 2.75) is 60.4 Å². The number of anilines is 1. The van der Waals surface area contributed by atoms with Gasteiger partial charge in [-0.15, -0.1) is 0 Å². The molecule has 3 aromatic carbocycles. The molecule has 0 aliphatic rings. The molecule has 0 aliphatic carbocycles. The van der Waals surface area contributed by atoms with Gasteiger partial charge in [0, 0.05) is 71.7 Å². The van der Waals surface area contributed by atoms with Crippen LogP contribution in [0.25, 0.3) is 32.9 Å². The van der Waals surface area contributed by atoms with E-state index < -0.39 is 5.97 Å². The SMILES string of the molecule is Cc1cc(OCCCc2c(C)n(CCCN(C=O)c3cc(C(=O)O)cc4c3c(Cl)cn4C)c3c(-c4c(C)nn(C)c4C)c(Cl)ccc23)cc(C)c1Cl. The largest absolute Gasteiger partial charge is 0.494 e. The van der Waals surface area contributed by atoms with Crippen LogP contribution in [0.15, 0.2) is 42.6 Å². The number of hydrogen-bond donors (Lipinski definition) is 1. The minimum atomic E-state index is -1.08. The number of benzene rings is 3. The summed E-state index contributed by atoms with van der Waals surface area (Å²) in [4.78, 5) is 26.2. The molecule has 0 unspecified atom stereocenters. The van der Waals surface area contributed by atoms with E-state index in [1.165, 1.54) is 11.6 Å². The fraction of sp³-hybridized carbons (Fsp3) is 0.325. The van der Waals surface area contributed by atoms with Crippen molar-refractivity contribution in [3.8, 4) is 16.9 Å². The van der Waals surface area contributed by atoms with E-state index in [2.05, 4.69) is 17.6 Å². The van der Waals surface area contributed by atoms with Crippen LogP contribution in [0.4, 0.5) is 5.69 Å². The first kappa shape index (κ1) is 37.3. The number of rotatable bonds is 13. The van der Waals surface area contributed by atoms with Gasteiger partial charge < -0.3 is 23.9 Å². The van der Waals surface area contributed by atoms with Gasteiger partial charge >= 0.3 is 5.97 Å². The quantitative estimate of drug-likeness (QED) is 0.0934. The average molecular weight is 763 g/mol. The van der Waals surface area contributed by atoms with E-state index in [1.807, 2.05) is 57.6 Å². The molecule has 0 bridgehead atoms. The van der Waals surface area contributed by atoms with Crippen molar-refractivity contribution >= 4 is 74.7 Å². The van der Waals surface area contributed by atoms with Crippen LogP contribution in [-0.4, -0.2) is 49.6 Å². The van der Waals surface area contributed by atoms with Gasteiger partial charge in [0.15, 0.2) is 0 Å². The second-order valence-electron chi connectivity index (χ2n) is 13.5. The molecule has 12 heteroatoms. The van der Waals surface area contributed by atoms with E-state index in [-0.39, 0.29) is 5.56 Å². The summed E-state index contributed by atoms with van der Waals surface area (Å²) < 4.78 is 12.1. The van der Waals surface area contributed by atoms with E-state index in [9.17, 15) is 14.7 Å². The van der Waals surface area contributed by atoms with Crippen molar-refractivity contribution in [2.24, 2.45) is 14.1 Å². The lowest BCUT2D eigenvalue weighted by molar-refractivity contribution is -0.107. The predicted molar refractivity (Wildman–Crippen MR) is 211 cm³/mol. The Morgan fingerprint density at radius 1 is 0.942 bits per heavy atom. The molecular formula is C40H42Cl3N5O4. The molecule has 6 rings (SSSR count). The summed E-state index contributed by atoms with van der Waals surface area (Å²) in [6, 6.07) is 11.1. The summed E-state index contributed by atoms with van der Waals surface area (Å²) in [5, 5.41) is 18.1. The maximum absolute atomic E-state index is 12.6. The third-order valence-electron chi connectivity index (χ3n) is 10.1. The number of hydrogen-bond acceptors (Lipinski definition) is 4. The number of halogens is 3. The number of carbonyl (C=O) groups excluding carboxylic acids is 1. The van der Waals surface area contributed by atoms with Gasteiger partial charge in [-0.25, -0.2) is 4.79 Å². The number of nitrogens with zero attached hydrogens (tertiary/aromatic N) is 5. The van der Waals surface area contributed by atoms with Gasteiger partial charge in [-0.05, 0) is 101 Å². The summed E-state index contributed by atoms with van der Waals surface area (Å²) in [5.41, 5.74) is 10.3. The summed E-state index contributed by atoms with van der Waals surface area (Å²) in [6.45, 7) is 11.6. The number of amides is 1. The van der Waals surface area contributed by atoms with Crippen LogP contribution in [0.5, 0.6) is 5.75 Å². The van der Waals surface area contributed by atoms with Crippen LogP contribution >= 0.6 is 34.8 Å². The first-order valence-electron chi connectivity index (χ1n) is 17.2. The highest BCUT2D eigenvalue weighted by Gasteiger charge is 2.25. The maximum atomic E-state index is 12.6. The normalized spacial score (nSPS) is 11.6. The van der Waals surface area contributed by atoms with Crippen molar-refractivity contribution in [1.82, 2.24) is 18.9 Å². The summed E-state index contributed by atoms with van der Waals surface area (Å²) in [5.74, 6) is -0.277. The second kappa shape index (κ2) is 14.9. The van der Waals surface area contributed by atoms with Crippen LogP contribution < -0.4 is 9.64 Å². The molecule has 0 saturated heterocycles. The molecule has 0 radical (unpaired) electrons. The van der Waals surface area contributed by atoms with Crippen molar-refractivity contribution < 1.29 is 19.4 Å². The van der Waals surface area contributed by atoms with E-state index in [0.717, 1.165) is 80.3 Å². The number of carboxylic acids is 1. The van der Waals surface area contributed by atoms with E-state index >= 15 is 0 Å². The maximum Gasteiger partial charge on any atom is 0.335 e. The molecule has 52 heavy (non-hydrogen) atoms. The molecule has 0 aliphatic heterocycles. The number of carbonyl (C=O) groups is 2. The van der Waals surface area contributed by atoms with Gasteiger partial charge in [0.05, 0.1) is 44.6 Å². The number of aromatic carboxylic acids is 1. The molecule has 1 N–H and O–H groups in total. The minimum absolute atomic E-state index is 0.0795. The van der Waals surface area contributed by atoms with Crippen molar-refractivity contribution in [3.63, 3.8) is 0 Å². The Morgan fingerprint density at radius 2 is 1.65 bits per heavy atom. The molecule has 6 aromatic rings. The highest BCUT2D eigenvalue weighted by molar-refractivity contribution is 6.37. The number of carboxylic acid groups (broad SMARTS) is 1. The van der Waals surface area contributed by atoms with E-state index in [1.54, 1.807) is 28.8 Å². The number of ether oxygens (including phenoxy) is 1. The zero-order chi connectivity index (χ0) is 37.6. The van der Waals surface area contributed by atoms with Crippen LogP contribution in [-0.2, 0) is 31.9 Å². The average Bonchev–Trinajstić information content (AvgIpc) is 3.64. The molecule has 3 aromatic heterocycles. The first-order chi connectivity index (χ1) is 24.7. The molecule has 9 nitrogen and oxygen atoms in total. The van der Waals surface area contributed by atoms with Gasteiger partial charge in [-0.1, -0.05) is 40.9 Å². The first-order valence-corrected chi connectivity index (χ1v) is 18.3. The molecule has 0 spiro atoms. The van der Waals surface area contributed by atoms with Crippen LogP contribution in [0.2, 0.25) is 15.1 Å². The van der Waals surface area contributed by atoms with Crippen molar-refractivity contribution in [2.75, 3.05) is 18.1 Å². The molecule has 0 atom stereocenters. The van der Waals surface area contributed by atoms with Crippen LogP contribution in [0.1, 0.15) is 57.0 Å². The lowest BCUT2D eigenvalue weighted by Gasteiger charge is -2.21. The van der Waals surface area contributed by atoms with Crippen LogP contribution in [0.3, 0.4) is 0 Å².